The normalized spacial score (nSPS) is 13.5. The molecule has 0 amide bonds. The maximum absolute atomic E-state index is 5.30. The van der Waals surface area contributed by atoms with Crippen molar-refractivity contribution in [1.29, 1.82) is 0 Å². The second-order valence-corrected chi connectivity index (χ2v) is 3.54. The van der Waals surface area contributed by atoms with E-state index in [1.165, 1.54) is 0 Å². The zero-order valence-electron chi connectivity index (χ0n) is 6.39. The molecule has 1 atom stereocenters. The molecule has 0 aromatic carbocycles. The lowest BCUT2D eigenvalue weighted by atomic mass is 10.7. The van der Waals surface area contributed by atoms with Crippen LogP contribution in [-0.2, 0) is 9.16 Å². The molecular formula is C6H13BrO2Si. The van der Waals surface area contributed by atoms with Crippen LogP contribution >= 0.6 is 15.9 Å². The van der Waals surface area contributed by atoms with Gasteiger partial charge in [0.2, 0.25) is 9.76 Å². The summed E-state index contributed by atoms with van der Waals surface area (Å²) in [7, 11) is 0.551. The van der Waals surface area contributed by atoms with Gasteiger partial charge in [0.05, 0.1) is 0 Å². The highest BCUT2D eigenvalue weighted by molar-refractivity contribution is 9.09. The smallest absolute Gasteiger partial charge is 0.234 e. The van der Waals surface area contributed by atoms with Crippen molar-refractivity contribution in [2.75, 3.05) is 11.9 Å². The van der Waals surface area contributed by atoms with Crippen LogP contribution in [-0.4, -0.2) is 28.0 Å². The first-order valence-corrected chi connectivity index (χ1v) is 5.61. The second kappa shape index (κ2) is 7.72. The van der Waals surface area contributed by atoms with E-state index >= 15 is 0 Å². The first-order chi connectivity index (χ1) is 4.81. The summed E-state index contributed by atoms with van der Waals surface area (Å²) in [4.78, 5) is 0. The molecule has 0 aromatic rings. The van der Waals surface area contributed by atoms with E-state index in [-0.39, 0.29) is 6.29 Å². The molecule has 0 heterocycles. The Labute approximate surface area is 73.4 Å². The maximum atomic E-state index is 5.30. The zero-order chi connectivity index (χ0) is 7.82. The van der Waals surface area contributed by atoms with E-state index in [0.717, 1.165) is 18.0 Å². The summed E-state index contributed by atoms with van der Waals surface area (Å²) in [6.07, 6.45) is -0.0395. The molecule has 0 aliphatic carbocycles. The van der Waals surface area contributed by atoms with Crippen molar-refractivity contribution in [1.82, 2.24) is 0 Å². The fourth-order valence-corrected chi connectivity index (χ4v) is 1.47. The molecule has 0 aromatic heterocycles. The minimum Gasteiger partial charge on any atom is -0.393 e. The summed E-state index contributed by atoms with van der Waals surface area (Å²) in [5, 5.41) is 1.00. The first-order valence-electron chi connectivity index (χ1n) is 3.37. The molecule has 0 N–H and O–H groups in total. The lowest BCUT2D eigenvalue weighted by Gasteiger charge is -2.10. The van der Waals surface area contributed by atoms with E-state index in [9.17, 15) is 0 Å². The third-order valence-electron chi connectivity index (χ3n) is 0.847. The number of ether oxygens (including phenoxy) is 1. The summed E-state index contributed by atoms with van der Waals surface area (Å²) < 4.78 is 10.5. The predicted octanol–water partition coefficient (Wildman–Crippen LogP) is 1.82. The fraction of sp³-hybridized carbons (Fsp3) is 1.00. The van der Waals surface area contributed by atoms with E-state index in [2.05, 4.69) is 15.9 Å². The Morgan fingerprint density at radius 3 is 2.80 bits per heavy atom. The van der Waals surface area contributed by atoms with E-state index in [1.807, 2.05) is 13.8 Å². The van der Waals surface area contributed by atoms with Crippen molar-refractivity contribution >= 4 is 25.7 Å². The number of rotatable bonds is 6. The van der Waals surface area contributed by atoms with Crippen LogP contribution < -0.4 is 0 Å². The monoisotopic (exact) mass is 224 g/mol. The largest absolute Gasteiger partial charge is 0.393 e. The second-order valence-electron chi connectivity index (χ2n) is 1.72. The molecule has 10 heavy (non-hydrogen) atoms. The molecule has 0 saturated carbocycles. The highest BCUT2D eigenvalue weighted by Crippen LogP contribution is 1.94. The molecule has 0 rings (SSSR count). The fourth-order valence-electron chi connectivity index (χ4n) is 0.484. The number of hydrogen-bond donors (Lipinski definition) is 0. The van der Waals surface area contributed by atoms with E-state index in [0.29, 0.717) is 9.76 Å². The molecule has 0 fully saturated rings. The van der Waals surface area contributed by atoms with Crippen molar-refractivity contribution in [3.8, 4) is 0 Å². The van der Waals surface area contributed by atoms with Gasteiger partial charge in [0.15, 0.2) is 0 Å². The Morgan fingerprint density at radius 2 is 2.30 bits per heavy atom. The molecule has 0 spiro atoms. The van der Waals surface area contributed by atoms with Crippen molar-refractivity contribution in [3.05, 3.63) is 0 Å². The highest BCUT2D eigenvalue weighted by Gasteiger charge is 1.99. The Balaban J connectivity index is 2.97. The van der Waals surface area contributed by atoms with E-state index < -0.39 is 0 Å². The van der Waals surface area contributed by atoms with Gasteiger partial charge in [-0.15, -0.1) is 0 Å². The standard InChI is InChI=1S/C6H13BrO2Si/c1-3-8-6(2)9-10-5-4-7/h6H,3-5H2,1-2H3. The minimum absolute atomic E-state index is 0.0395. The average Bonchev–Trinajstić information content (AvgIpc) is 1.89. The molecule has 0 aliphatic rings. The van der Waals surface area contributed by atoms with Gasteiger partial charge in [-0.05, 0) is 19.9 Å². The summed E-state index contributed by atoms with van der Waals surface area (Å²) in [6.45, 7) is 4.61. The highest BCUT2D eigenvalue weighted by atomic mass is 79.9. The Morgan fingerprint density at radius 1 is 1.60 bits per heavy atom. The molecule has 2 radical (unpaired) electrons. The lowest BCUT2D eigenvalue weighted by Crippen LogP contribution is -2.15. The SMILES string of the molecule is CCOC(C)O[Si]CCBr. The van der Waals surface area contributed by atoms with Gasteiger partial charge >= 0.3 is 0 Å². The number of halogens is 1. The molecule has 60 valence electrons. The zero-order valence-corrected chi connectivity index (χ0v) is 8.98. The lowest BCUT2D eigenvalue weighted by molar-refractivity contribution is -0.0604. The van der Waals surface area contributed by atoms with Crippen LogP contribution in [0.3, 0.4) is 0 Å². The Bertz CT molecular complexity index is 72.8. The summed E-state index contributed by atoms with van der Waals surface area (Å²) in [6, 6.07) is 1.07. The van der Waals surface area contributed by atoms with Crippen LogP contribution in [0.4, 0.5) is 0 Å². The van der Waals surface area contributed by atoms with Gasteiger partial charge in [-0.3, -0.25) is 0 Å². The molecule has 0 saturated heterocycles. The van der Waals surface area contributed by atoms with Gasteiger partial charge in [0.25, 0.3) is 0 Å². The van der Waals surface area contributed by atoms with Gasteiger partial charge in [-0.25, -0.2) is 0 Å². The van der Waals surface area contributed by atoms with Gasteiger partial charge in [0.1, 0.15) is 6.29 Å². The topological polar surface area (TPSA) is 18.5 Å². The molecule has 4 heteroatoms. The van der Waals surface area contributed by atoms with Crippen molar-refractivity contribution < 1.29 is 9.16 Å². The summed E-state index contributed by atoms with van der Waals surface area (Å²) in [5.74, 6) is 0. The van der Waals surface area contributed by atoms with Crippen LogP contribution in [0, 0.1) is 0 Å². The first kappa shape index (κ1) is 10.6. The molecule has 2 nitrogen and oxygen atoms in total. The van der Waals surface area contributed by atoms with E-state index in [1.54, 1.807) is 0 Å². The van der Waals surface area contributed by atoms with Crippen LogP contribution in [0.5, 0.6) is 0 Å². The third kappa shape index (κ3) is 6.73. The summed E-state index contributed by atoms with van der Waals surface area (Å²) >= 11 is 3.32. The predicted molar refractivity (Wildman–Crippen MR) is 46.5 cm³/mol. The van der Waals surface area contributed by atoms with Crippen LogP contribution in [0.2, 0.25) is 6.04 Å². The molecule has 0 aliphatic heterocycles. The summed E-state index contributed by atoms with van der Waals surface area (Å²) in [5.41, 5.74) is 0. The maximum Gasteiger partial charge on any atom is 0.234 e. The van der Waals surface area contributed by atoms with Crippen molar-refractivity contribution in [2.24, 2.45) is 0 Å². The van der Waals surface area contributed by atoms with Gasteiger partial charge in [0, 0.05) is 11.9 Å². The molecule has 1 unspecified atom stereocenters. The van der Waals surface area contributed by atoms with Gasteiger partial charge in [-0.1, -0.05) is 15.9 Å². The quantitative estimate of drug-likeness (QED) is 0.297. The molecular weight excluding hydrogens is 212 g/mol. The number of hydrogen-bond acceptors (Lipinski definition) is 2. The van der Waals surface area contributed by atoms with Crippen LogP contribution in [0.25, 0.3) is 0 Å². The van der Waals surface area contributed by atoms with Gasteiger partial charge < -0.3 is 9.16 Å². The van der Waals surface area contributed by atoms with Crippen molar-refractivity contribution in [3.63, 3.8) is 0 Å². The van der Waals surface area contributed by atoms with Crippen molar-refractivity contribution in [2.45, 2.75) is 26.2 Å². The Kier molecular flexibility index (Phi) is 8.20. The Hall–Kier alpha value is 0.617. The van der Waals surface area contributed by atoms with Crippen LogP contribution in [0.15, 0.2) is 0 Å². The minimum atomic E-state index is -0.0395. The number of alkyl halides is 1. The van der Waals surface area contributed by atoms with Gasteiger partial charge in [-0.2, -0.15) is 0 Å². The van der Waals surface area contributed by atoms with E-state index in [4.69, 9.17) is 9.16 Å². The van der Waals surface area contributed by atoms with Crippen LogP contribution in [0.1, 0.15) is 13.8 Å². The third-order valence-corrected chi connectivity index (χ3v) is 2.93. The molecule has 0 bridgehead atoms. The average molecular weight is 225 g/mol.